The van der Waals surface area contributed by atoms with Gasteiger partial charge in [0.15, 0.2) is 0 Å². The molecule has 6 aromatic rings. The maximum Gasteiger partial charge on any atom is 0.0730 e. The molecule has 0 saturated heterocycles. The molecule has 3 aromatic heterocycles. The van der Waals surface area contributed by atoms with Crippen molar-refractivity contribution in [3.63, 3.8) is 0 Å². The quantitative estimate of drug-likeness (QED) is 0.174. The Bertz CT molecular complexity index is 2370. The number of allylic oxidation sites excluding steroid dienone is 2. The van der Waals surface area contributed by atoms with Crippen LogP contribution >= 0.6 is 45.3 Å². The van der Waals surface area contributed by atoms with E-state index in [9.17, 15) is 0 Å². The predicted octanol–water partition coefficient (Wildman–Crippen LogP) is 9.92. The van der Waals surface area contributed by atoms with Gasteiger partial charge >= 0.3 is 0 Å². The Morgan fingerprint density at radius 2 is 1.19 bits per heavy atom. The summed E-state index contributed by atoms with van der Waals surface area (Å²) in [7, 11) is 0. The Morgan fingerprint density at radius 1 is 0.596 bits per heavy atom. The van der Waals surface area contributed by atoms with E-state index in [-0.39, 0.29) is 5.41 Å². The smallest absolute Gasteiger partial charge is 0.0730 e. The number of thiophene rings is 2. The van der Waals surface area contributed by atoms with Crippen molar-refractivity contribution >= 4 is 67.7 Å². The first kappa shape index (κ1) is 30.3. The Kier molecular flexibility index (Phi) is 7.66. The summed E-state index contributed by atoms with van der Waals surface area (Å²) in [6.07, 6.45) is 4.41. The molecule has 47 heavy (non-hydrogen) atoms. The lowest BCUT2D eigenvalue weighted by atomic mass is 9.88. The van der Waals surface area contributed by atoms with Gasteiger partial charge in [-0.15, -0.1) is 22.7 Å². The lowest BCUT2D eigenvalue weighted by Crippen LogP contribution is -2.18. The van der Waals surface area contributed by atoms with Crippen LogP contribution in [-0.4, -0.2) is 10.7 Å². The van der Waals surface area contributed by atoms with Crippen LogP contribution in [0.2, 0.25) is 0 Å². The van der Waals surface area contributed by atoms with Crippen LogP contribution in [0.5, 0.6) is 0 Å². The Labute approximate surface area is 297 Å². The van der Waals surface area contributed by atoms with Gasteiger partial charge in [0.25, 0.3) is 0 Å². The summed E-state index contributed by atoms with van der Waals surface area (Å²) < 4.78 is 3.65. The standard InChI is InChI=1S/C42H33IN2S2/c1-25-5-9-27(10-6-25)39-31-17-18-32(44-31)40(29-13-15-30(43)16-14-29)36-22-24-38(47-36)42(3,4)37-23-19-33(45-37)41(35-21-20-34(39)46-35)28-11-7-26(2)8-12-28/h5-24,45H,1-4H3/b39-34-,40-32-,41-35-. The average Bonchev–Trinajstić information content (AvgIpc) is 3.89. The molecule has 8 rings (SSSR count). The van der Waals surface area contributed by atoms with Crippen molar-refractivity contribution in [2.24, 2.45) is 4.99 Å². The number of rotatable bonds is 3. The van der Waals surface area contributed by atoms with E-state index in [4.69, 9.17) is 4.99 Å². The summed E-state index contributed by atoms with van der Waals surface area (Å²) in [6, 6.07) is 40.3. The number of aliphatic imine (C=N–C) groups is 1. The number of benzene rings is 3. The van der Waals surface area contributed by atoms with Gasteiger partial charge in [-0.1, -0.05) is 71.8 Å². The summed E-state index contributed by atoms with van der Waals surface area (Å²) in [6.45, 7) is 8.93. The summed E-state index contributed by atoms with van der Waals surface area (Å²) in [4.78, 5) is 11.9. The number of aromatic nitrogens is 1. The molecule has 230 valence electrons. The number of fused-ring (bicyclic) bond motifs is 7. The highest BCUT2D eigenvalue weighted by Crippen LogP contribution is 2.42. The summed E-state index contributed by atoms with van der Waals surface area (Å²) in [5.74, 6) is 0. The van der Waals surface area contributed by atoms with E-state index >= 15 is 0 Å². The van der Waals surface area contributed by atoms with Crippen LogP contribution < -0.4 is 9.06 Å². The molecule has 0 unspecified atom stereocenters. The molecular formula is C42H33IN2S2. The second kappa shape index (κ2) is 11.9. The summed E-state index contributed by atoms with van der Waals surface area (Å²) >= 11 is 6.08. The van der Waals surface area contributed by atoms with Gasteiger partial charge in [-0.3, -0.25) is 0 Å². The lowest BCUT2D eigenvalue weighted by molar-refractivity contribution is 0.635. The molecule has 0 spiro atoms. The topological polar surface area (TPSA) is 28.1 Å². The van der Waals surface area contributed by atoms with Gasteiger partial charge < -0.3 is 4.98 Å². The second-order valence-corrected chi connectivity index (χ2v) is 16.2. The van der Waals surface area contributed by atoms with Gasteiger partial charge in [-0.05, 0) is 128 Å². The molecule has 5 heteroatoms. The third kappa shape index (κ3) is 5.54. The van der Waals surface area contributed by atoms with Gasteiger partial charge in [0.05, 0.1) is 11.4 Å². The largest absolute Gasteiger partial charge is 0.358 e. The number of nitrogens with zero attached hydrogens (tertiary/aromatic N) is 1. The van der Waals surface area contributed by atoms with Crippen LogP contribution in [0, 0.1) is 17.4 Å². The van der Waals surface area contributed by atoms with Gasteiger partial charge in [0.2, 0.25) is 0 Å². The molecule has 3 aromatic carbocycles. The van der Waals surface area contributed by atoms with E-state index < -0.39 is 0 Å². The molecule has 0 atom stereocenters. The van der Waals surface area contributed by atoms with Gasteiger partial charge in [0.1, 0.15) is 0 Å². The molecule has 0 radical (unpaired) electrons. The molecule has 5 heterocycles. The molecule has 0 saturated carbocycles. The monoisotopic (exact) mass is 756 g/mol. The zero-order chi connectivity index (χ0) is 32.3. The fourth-order valence-corrected chi connectivity index (χ4v) is 9.14. The highest BCUT2D eigenvalue weighted by molar-refractivity contribution is 14.1. The zero-order valence-corrected chi connectivity index (χ0v) is 30.5. The molecule has 2 aliphatic rings. The van der Waals surface area contributed by atoms with Crippen molar-refractivity contribution in [2.75, 3.05) is 0 Å². The van der Waals surface area contributed by atoms with Crippen molar-refractivity contribution < 1.29 is 0 Å². The number of halogens is 1. The van der Waals surface area contributed by atoms with Crippen molar-refractivity contribution in [2.45, 2.75) is 33.1 Å². The summed E-state index contributed by atoms with van der Waals surface area (Å²) in [5.41, 5.74) is 13.7. The maximum absolute atomic E-state index is 5.43. The minimum atomic E-state index is -0.217. The average molecular weight is 757 g/mol. The molecule has 8 bridgehead atoms. The van der Waals surface area contributed by atoms with E-state index in [1.165, 1.54) is 67.0 Å². The van der Waals surface area contributed by atoms with Crippen LogP contribution in [0.3, 0.4) is 0 Å². The van der Waals surface area contributed by atoms with Crippen LogP contribution in [0.1, 0.15) is 62.8 Å². The number of aryl methyl sites for hydroxylation is 2. The number of nitrogens with one attached hydrogen (secondary N) is 1. The molecule has 0 amide bonds. The molecule has 2 aliphatic heterocycles. The van der Waals surface area contributed by atoms with Crippen LogP contribution in [0.4, 0.5) is 0 Å². The first-order chi connectivity index (χ1) is 22.7. The highest BCUT2D eigenvalue weighted by atomic mass is 127. The van der Waals surface area contributed by atoms with Crippen molar-refractivity contribution in [1.29, 1.82) is 0 Å². The fourth-order valence-electron chi connectivity index (χ4n) is 6.41. The second-order valence-electron chi connectivity index (χ2n) is 12.8. The number of hydrogen-bond acceptors (Lipinski definition) is 3. The molecule has 0 fully saturated rings. The van der Waals surface area contributed by atoms with E-state index in [0.717, 1.165) is 22.7 Å². The Morgan fingerprint density at radius 3 is 1.87 bits per heavy atom. The summed E-state index contributed by atoms with van der Waals surface area (Å²) in [5, 5.41) is 0. The third-order valence-electron chi connectivity index (χ3n) is 9.16. The van der Waals surface area contributed by atoms with Crippen LogP contribution in [0.25, 0.3) is 16.7 Å². The van der Waals surface area contributed by atoms with Gasteiger partial charge in [-0.25, -0.2) is 4.99 Å². The SMILES string of the molecule is Cc1ccc(/C2=c3\cc/c(s3)=C(\c3ccc(C)cc3)c3ccc([nH]3)C(C)(C)c3ccc(s3)/C(c3ccc(I)cc3)=C3/C=CC2=N3)cc1. The number of aromatic amines is 1. The molecular weight excluding hydrogens is 724 g/mol. The van der Waals surface area contributed by atoms with Crippen molar-refractivity contribution in [1.82, 2.24) is 4.98 Å². The van der Waals surface area contributed by atoms with Crippen LogP contribution in [-0.2, 0) is 5.41 Å². The normalized spacial score (nSPS) is 19.2. The zero-order valence-electron chi connectivity index (χ0n) is 26.7. The van der Waals surface area contributed by atoms with E-state index in [1.54, 1.807) is 0 Å². The first-order valence-electron chi connectivity index (χ1n) is 15.8. The van der Waals surface area contributed by atoms with E-state index in [2.05, 4.69) is 177 Å². The minimum absolute atomic E-state index is 0.217. The lowest BCUT2D eigenvalue weighted by Gasteiger charge is -2.22. The fraction of sp³-hybridized carbons (Fsp3) is 0.119. The van der Waals surface area contributed by atoms with Crippen molar-refractivity contribution in [3.8, 4) is 0 Å². The van der Waals surface area contributed by atoms with E-state index in [0.29, 0.717) is 0 Å². The minimum Gasteiger partial charge on any atom is -0.358 e. The Balaban J connectivity index is 1.49. The number of hydrogen-bond donors (Lipinski definition) is 1. The molecule has 1 N–H and O–H groups in total. The molecule has 0 aliphatic carbocycles. The van der Waals surface area contributed by atoms with E-state index in [1.807, 2.05) is 22.7 Å². The highest BCUT2D eigenvalue weighted by Gasteiger charge is 2.29. The third-order valence-corrected chi connectivity index (χ3v) is 12.4. The van der Waals surface area contributed by atoms with Gasteiger partial charge in [0, 0.05) is 55.9 Å². The predicted molar refractivity (Wildman–Crippen MR) is 209 cm³/mol. The van der Waals surface area contributed by atoms with Crippen molar-refractivity contribution in [3.05, 3.63) is 189 Å². The first-order valence-corrected chi connectivity index (χ1v) is 18.5. The van der Waals surface area contributed by atoms with Gasteiger partial charge in [-0.2, -0.15) is 0 Å². The maximum atomic E-state index is 5.43. The van der Waals surface area contributed by atoms with Crippen LogP contribution in [0.15, 0.2) is 132 Å². The number of H-pyrrole nitrogens is 1. The molecule has 2 nitrogen and oxygen atoms in total. The Hall–Kier alpha value is -4.04.